The van der Waals surface area contributed by atoms with Gasteiger partial charge in [-0.05, 0) is 23.1 Å². The number of anilines is 1. The molecule has 1 N–H and O–H groups in total. The van der Waals surface area contributed by atoms with Crippen LogP contribution in [-0.4, -0.2) is 15.2 Å². The highest BCUT2D eigenvalue weighted by atomic mass is 32.1. The first-order valence-corrected chi connectivity index (χ1v) is 6.50. The number of hydrogen-bond acceptors (Lipinski definition) is 6. The SMILES string of the molecule is c1nnc(NCc2cnc3ccsc3c2)s1. The summed E-state index contributed by atoms with van der Waals surface area (Å²) in [5, 5.41) is 13.8. The molecule has 0 saturated heterocycles. The molecule has 3 heterocycles. The van der Waals surface area contributed by atoms with E-state index in [0.717, 1.165) is 22.8 Å². The fraction of sp³-hybridized carbons (Fsp3) is 0.100. The van der Waals surface area contributed by atoms with Gasteiger partial charge in [0, 0.05) is 12.7 Å². The van der Waals surface area contributed by atoms with E-state index >= 15 is 0 Å². The van der Waals surface area contributed by atoms with Crippen LogP contribution in [0.4, 0.5) is 5.13 Å². The molecule has 0 spiro atoms. The third-order valence-electron chi connectivity index (χ3n) is 2.16. The number of hydrogen-bond donors (Lipinski definition) is 1. The lowest BCUT2D eigenvalue weighted by Crippen LogP contribution is -1.99. The summed E-state index contributed by atoms with van der Waals surface area (Å²) in [6, 6.07) is 4.18. The van der Waals surface area contributed by atoms with Crippen molar-refractivity contribution in [2.24, 2.45) is 0 Å². The first-order chi connectivity index (χ1) is 7.92. The van der Waals surface area contributed by atoms with Gasteiger partial charge in [0.05, 0.1) is 10.2 Å². The Morgan fingerprint density at radius 1 is 1.31 bits per heavy atom. The van der Waals surface area contributed by atoms with E-state index < -0.39 is 0 Å². The number of aromatic nitrogens is 3. The predicted octanol–water partition coefficient (Wildman–Crippen LogP) is 2.76. The van der Waals surface area contributed by atoms with Gasteiger partial charge in [0.15, 0.2) is 0 Å². The van der Waals surface area contributed by atoms with Crippen molar-refractivity contribution in [3.05, 3.63) is 34.8 Å². The molecule has 0 fully saturated rings. The highest BCUT2D eigenvalue weighted by Gasteiger charge is 2.00. The molecule has 0 unspecified atom stereocenters. The van der Waals surface area contributed by atoms with Gasteiger partial charge in [-0.1, -0.05) is 11.3 Å². The van der Waals surface area contributed by atoms with Crippen molar-refractivity contribution in [1.82, 2.24) is 15.2 Å². The van der Waals surface area contributed by atoms with E-state index in [2.05, 4.69) is 31.9 Å². The van der Waals surface area contributed by atoms with Crippen LogP contribution in [-0.2, 0) is 6.54 Å². The van der Waals surface area contributed by atoms with Crippen LogP contribution in [0.3, 0.4) is 0 Å². The first kappa shape index (κ1) is 9.68. The number of nitrogens with one attached hydrogen (secondary N) is 1. The monoisotopic (exact) mass is 248 g/mol. The molecule has 3 aromatic rings. The number of pyridine rings is 1. The molecule has 0 aliphatic rings. The molecule has 80 valence electrons. The van der Waals surface area contributed by atoms with Crippen molar-refractivity contribution >= 4 is 38.0 Å². The minimum atomic E-state index is 0.732. The molecule has 3 aromatic heterocycles. The van der Waals surface area contributed by atoms with Gasteiger partial charge in [0.1, 0.15) is 5.51 Å². The van der Waals surface area contributed by atoms with Crippen LogP contribution in [0.15, 0.2) is 29.2 Å². The highest BCUT2D eigenvalue weighted by Crippen LogP contribution is 2.20. The molecule has 3 rings (SSSR count). The highest BCUT2D eigenvalue weighted by molar-refractivity contribution is 7.17. The van der Waals surface area contributed by atoms with Gasteiger partial charge in [-0.15, -0.1) is 21.5 Å². The summed E-state index contributed by atoms with van der Waals surface area (Å²) in [7, 11) is 0. The summed E-state index contributed by atoms with van der Waals surface area (Å²) in [5.41, 5.74) is 3.93. The van der Waals surface area contributed by atoms with E-state index in [1.807, 2.05) is 12.3 Å². The van der Waals surface area contributed by atoms with Crippen molar-refractivity contribution in [2.75, 3.05) is 5.32 Å². The molecule has 0 atom stereocenters. The second kappa shape index (κ2) is 4.15. The smallest absolute Gasteiger partial charge is 0.205 e. The van der Waals surface area contributed by atoms with E-state index in [1.54, 1.807) is 16.8 Å². The molecule has 0 radical (unpaired) electrons. The minimum absolute atomic E-state index is 0.732. The average Bonchev–Trinajstić information content (AvgIpc) is 2.97. The van der Waals surface area contributed by atoms with Crippen LogP contribution < -0.4 is 5.32 Å². The van der Waals surface area contributed by atoms with Crippen LogP contribution >= 0.6 is 22.7 Å². The molecule has 0 aliphatic carbocycles. The molecule has 6 heteroatoms. The van der Waals surface area contributed by atoms with Crippen molar-refractivity contribution in [3.63, 3.8) is 0 Å². The van der Waals surface area contributed by atoms with Gasteiger partial charge in [-0.25, -0.2) is 0 Å². The fourth-order valence-electron chi connectivity index (χ4n) is 1.41. The molecule has 0 amide bonds. The lowest BCUT2D eigenvalue weighted by Gasteiger charge is -2.01. The summed E-state index contributed by atoms with van der Waals surface area (Å²) < 4.78 is 1.22. The van der Waals surface area contributed by atoms with E-state index in [9.17, 15) is 0 Å². The van der Waals surface area contributed by atoms with Gasteiger partial charge < -0.3 is 5.32 Å². The Morgan fingerprint density at radius 2 is 2.31 bits per heavy atom. The van der Waals surface area contributed by atoms with Crippen LogP contribution in [0.5, 0.6) is 0 Å². The second-order valence-corrected chi connectivity index (χ2v) is 5.03. The molecular weight excluding hydrogens is 240 g/mol. The van der Waals surface area contributed by atoms with Gasteiger partial charge in [-0.3, -0.25) is 4.98 Å². The van der Waals surface area contributed by atoms with E-state index in [0.29, 0.717) is 0 Å². The normalized spacial score (nSPS) is 10.8. The van der Waals surface area contributed by atoms with E-state index in [1.165, 1.54) is 16.0 Å². The summed E-state index contributed by atoms with van der Waals surface area (Å²) >= 11 is 3.21. The molecule has 16 heavy (non-hydrogen) atoms. The van der Waals surface area contributed by atoms with Gasteiger partial charge >= 0.3 is 0 Å². The molecule has 0 aliphatic heterocycles. The zero-order valence-electron chi connectivity index (χ0n) is 8.25. The van der Waals surface area contributed by atoms with Crippen molar-refractivity contribution < 1.29 is 0 Å². The zero-order chi connectivity index (χ0) is 10.8. The topological polar surface area (TPSA) is 50.7 Å². The van der Waals surface area contributed by atoms with Crippen molar-refractivity contribution in [2.45, 2.75) is 6.54 Å². The summed E-state index contributed by atoms with van der Waals surface area (Å²) in [6.45, 7) is 0.732. The maximum absolute atomic E-state index is 4.38. The molecule has 0 saturated carbocycles. The third-order valence-corrected chi connectivity index (χ3v) is 3.67. The summed E-state index contributed by atoms with van der Waals surface area (Å²) in [5.74, 6) is 0. The molecule has 0 aromatic carbocycles. The predicted molar refractivity (Wildman–Crippen MR) is 66.9 cm³/mol. The lowest BCUT2D eigenvalue weighted by atomic mass is 10.2. The van der Waals surface area contributed by atoms with Gasteiger partial charge in [-0.2, -0.15) is 0 Å². The quantitative estimate of drug-likeness (QED) is 0.774. The Morgan fingerprint density at radius 3 is 3.19 bits per heavy atom. The first-order valence-electron chi connectivity index (χ1n) is 4.74. The fourth-order valence-corrected chi connectivity index (χ4v) is 2.66. The zero-order valence-corrected chi connectivity index (χ0v) is 9.88. The van der Waals surface area contributed by atoms with E-state index in [-0.39, 0.29) is 0 Å². The van der Waals surface area contributed by atoms with Crippen LogP contribution in [0, 0.1) is 0 Å². The largest absolute Gasteiger partial charge is 0.356 e. The van der Waals surface area contributed by atoms with Gasteiger partial charge in [0.25, 0.3) is 0 Å². The number of rotatable bonds is 3. The third kappa shape index (κ3) is 1.89. The molecule has 0 bridgehead atoms. The van der Waals surface area contributed by atoms with Crippen LogP contribution in [0.25, 0.3) is 10.2 Å². The Balaban J connectivity index is 1.78. The van der Waals surface area contributed by atoms with Gasteiger partial charge in [0.2, 0.25) is 5.13 Å². The maximum Gasteiger partial charge on any atom is 0.205 e. The Bertz CT molecular complexity index is 588. The van der Waals surface area contributed by atoms with Crippen molar-refractivity contribution in [1.29, 1.82) is 0 Å². The Labute approximate surface area is 100.0 Å². The number of nitrogens with zero attached hydrogens (tertiary/aromatic N) is 3. The van der Waals surface area contributed by atoms with Crippen molar-refractivity contribution in [3.8, 4) is 0 Å². The Hall–Kier alpha value is -1.53. The van der Waals surface area contributed by atoms with E-state index in [4.69, 9.17) is 0 Å². The second-order valence-electron chi connectivity index (χ2n) is 3.24. The number of thiophene rings is 1. The summed E-state index contributed by atoms with van der Waals surface area (Å²) in [6.07, 6.45) is 1.89. The maximum atomic E-state index is 4.38. The summed E-state index contributed by atoms with van der Waals surface area (Å²) in [4.78, 5) is 4.38. The number of fused-ring (bicyclic) bond motifs is 1. The molecular formula is C10H8N4S2. The minimum Gasteiger partial charge on any atom is -0.356 e. The average molecular weight is 248 g/mol. The Kier molecular flexibility index (Phi) is 2.51. The standard InChI is InChI=1S/C10H8N4S2/c1-2-15-9-3-7(4-11-8(1)9)5-12-10-14-13-6-16-10/h1-4,6H,5H2,(H,12,14). The molecule has 4 nitrogen and oxygen atoms in total. The lowest BCUT2D eigenvalue weighted by molar-refractivity contribution is 1.05. The van der Waals surface area contributed by atoms with Crippen LogP contribution in [0.1, 0.15) is 5.56 Å². The van der Waals surface area contributed by atoms with Crippen LogP contribution in [0.2, 0.25) is 0 Å².